The summed E-state index contributed by atoms with van der Waals surface area (Å²) < 4.78 is 0.753. The number of nitrogens with one attached hydrogen (secondary N) is 2. The molecule has 0 spiro atoms. The Hall–Kier alpha value is -0.820. The molecule has 1 amide bonds. The normalized spacial score (nSPS) is 20.2. The Morgan fingerprint density at radius 1 is 1.39 bits per heavy atom. The number of hydrogen-bond donors (Lipinski definition) is 3. The van der Waals surface area contributed by atoms with E-state index in [9.17, 15) is 9.90 Å². The maximum Gasteiger partial charge on any atom is 0.251 e. The zero-order chi connectivity index (χ0) is 13.0. The summed E-state index contributed by atoms with van der Waals surface area (Å²) in [6.07, 6.45) is 3.06. The SMILES string of the molecule is O=C(NC1CCCNCC1)c1ccc(I)c(O)c1. The molecule has 1 saturated heterocycles. The summed E-state index contributed by atoms with van der Waals surface area (Å²) >= 11 is 2.03. The summed E-state index contributed by atoms with van der Waals surface area (Å²) in [5.41, 5.74) is 0.519. The lowest BCUT2D eigenvalue weighted by Crippen LogP contribution is -2.35. The number of aromatic hydroxyl groups is 1. The van der Waals surface area contributed by atoms with Crippen LogP contribution in [0.2, 0.25) is 0 Å². The summed E-state index contributed by atoms with van der Waals surface area (Å²) in [4.78, 5) is 12.0. The molecular formula is C13H17IN2O2. The molecule has 1 aliphatic heterocycles. The Balaban J connectivity index is 1.99. The maximum absolute atomic E-state index is 12.0. The minimum absolute atomic E-state index is 0.103. The van der Waals surface area contributed by atoms with Crippen LogP contribution in [0.4, 0.5) is 0 Å². The molecule has 98 valence electrons. The van der Waals surface area contributed by atoms with Crippen LogP contribution in [0.25, 0.3) is 0 Å². The quantitative estimate of drug-likeness (QED) is 0.706. The Morgan fingerprint density at radius 3 is 3.00 bits per heavy atom. The van der Waals surface area contributed by atoms with Gasteiger partial charge in [0.25, 0.3) is 5.91 Å². The molecule has 1 fully saturated rings. The van der Waals surface area contributed by atoms with Crippen LogP contribution in [0.1, 0.15) is 29.6 Å². The number of carbonyl (C=O) groups excluding carboxylic acids is 1. The molecule has 1 aromatic carbocycles. The second-order valence-corrected chi connectivity index (χ2v) is 5.68. The summed E-state index contributed by atoms with van der Waals surface area (Å²) in [6.45, 7) is 1.97. The maximum atomic E-state index is 12.0. The van der Waals surface area contributed by atoms with Crippen molar-refractivity contribution in [2.24, 2.45) is 0 Å². The first-order valence-corrected chi connectivity index (χ1v) is 7.25. The molecule has 0 saturated carbocycles. The van der Waals surface area contributed by atoms with E-state index in [0.29, 0.717) is 5.56 Å². The molecule has 18 heavy (non-hydrogen) atoms. The van der Waals surface area contributed by atoms with Gasteiger partial charge in [0.05, 0.1) is 3.57 Å². The monoisotopic (exact) mass is 360 g/mol. The lowest BCUT2D eigenvalue weighted by atomic mass is 10.1. The van der Waals surface area contributed by atoms with Gasteiger partial charge in [-0.25, -0.2) is 0 Å². The fourth-order valence-corrected chi connectivity index (χ4v) is 2.42. The average molecular weight is 360 g/mol. The van der Waals surface area contributed by atoms with Crippen molar-refractivity contribution in [3.8, 4) is 5.75 Å². The predicted molar refractivity (Wildman–Crippen MR) is 78.8 cm³/mol. The highest BCUT2D eigenvalue weighted by molar-refractivity contribution is 14.1. The third-order valence-corrected chi connectivity index (χ3v) is 4.03. The summed E-state index contributed by atoms with van der Waals surface area (Å²) in [6, 6.07) is 5.24. The molecule has 0 aliphatic carbocycles. The highest BCUT2D eigenvalue weighted by atomic mass is 127. The van der Waals surface area contributed by atoms with E-state index in [0.717, 1.165) is 35.9 Å². The minimum Gasteiger partial charge on any atom is -0.507 e. The number of benzene rings is 1. The molecule has 1 atom stereocenters. The minimum atomic E-state index is -0.103. The first kappa shape index (κ1) is 13.6. The molecule has 1 unspecified atom stereocenters. The number of amides is 1. The topological polar surface area (TPSA) is 61.4 Å². The van der Waals surface area contributed by atoms with Crippen LogP contribution in [0.5, 0.6) is 5.75 Å². The second-order valence-electron chi connectivity index (χ2n) is 4.52. The molecule has 1 aliphatic rings. The van der Waals surface area contributed by atoms with Crippen molar-refractivity contribution < 1.29 is 9.90 Å². The molecule has 3 N–H and O–H groups in total. The smallest absolute Gasteiger partial charge is 0.251 e. The number of phenols is 1. The van der Waals surface area contributed by atoms with Gasteiger partial charge in [0.2, 0.25) is 0 Å². The third-order valence-electron chi connectivity index (χ3n) is 3.12. The lowest BCUT2D eigenvalue weighted by Gasteiger charge is -2.16. The molecule has 2 rings (SSSR count). The molecule has 1 heterocycles. The Morgan fingerprint density at radius 2 is 2.22 bits per heavy atom. The molecule has 0 bridgehead atoms. The first-order valence-electron chi connectivity index (χ1n) is 6.17. The first-order chi connectivity index (χ1) is 8.66. The number of rotatable bonds is 2. The van der Waals surface area contributed by atoms with E-state index >= 15 is 0 Å². The predicted octanol–water partition coefficient (Wildman–Crippen LogP) is 1.87. The van der Waals surface area contributed by atoms with Crippen LogP contribution >= 0.6 is 22.6 Å². The van der Waals surface area contributed by atoms with E-state index < -0.39 is 0 Å². The average Bonchev–Trinajstić information content (AvgIpc) is 2.61. The van der Waals surface area contributed by atoms with Gasteiger partial charge in [-0.05, 0) is 73.1 Å². The highest BCUT2D eigenvalue weighted by Gasteiger charge is 2.16. The van der Waals surface area contributed by atoms with Gasteiger partial charge in [-0.3, -0.25) is 4.79 Å². The van der Waals surface area contributed by atoms with Crippen molar-refractivity contribution >= 4 is 28.5 Å². The molecule has 5 heteroatoms. The van der Waals surface area contributed by atoms with E-state index in [1.165, 1.54) is 6.07 Å². The second kappa shape index (κ2) is 6.38. The van der Waals surface area contributed by atoms with Gasteiger partial charge in [-0.2, -0.15) is 0 Å². The largest absolute Gasteiger partial charge is 0.507 e. The van der Waals surface area contributed by atoms with Crippen molar-refractivity contribution in [3.63, 3.8) is 0 Å². The number of phenolic OH excluding ortho intramolecular Hbond substituents is 1. The zero-order valence-electron chi connectivity index (χ0n) is 10.1. The van der Waals surface area contributed by atoms with E-state index in [4.69, 9.17) is 0 Å². The van der Waals surface area contributed by atoms with Gasteiger partial charge in [-0.15, -0.1) is 0 Å². The third kappa shape index (κ3) is 3.58. The standard InChI is InChI=1S/C13H17IN2O2/c14-11-4-3-9(8-12(11)17)13(18)16-10-2-1-6-15-7-5-10/h3-4,8,10,15,17H,1-2,5-7H2,(H,16,18). The Kier molecular flexibility index (Phi) is 4.82. The van der Waals surface area contributed by atoms with Crippen molar-refractivity contribution in [2.45, 2.75) is 25.3 Å². The van der Waals surface area contributed by atoms with Crippen LogP contribution in [-0.4, -0.2) is 30.1 Å². The van der Waals surface area contributed by atoms with E-state index in [1.807, 2.05) is 22.6 Å². The Labute approximate surface area is 120 Å². The molecular weight excluding hydrogens is 343 g/mol. The fraction of sp³-hybridized carbons (Fsp3) is 0.462. The van der Waals surface area contributed by atoms with Gasteiger partial charge in [0.15, 0.2) is 0 Å². The lowest BCUT2D eigenvalue weighted by molar-refractivity contribution is 0.0933. The van der Waals surface area contributed by atoms with Crippen molar-refractivity contribution in [1.29, 1.82) is 0 Å². The Bertz CT molecular complexity index is 429. The molecule has 0 aromatic heterocycles. The van der Waals surface area contributed by atoms with Crippen LogP contribution in [0, 0.1) is 3.57 Å². The molecule has 0 radical (unpaired) electrons. The van der Waals surface area contributed by atoms with Gasteiger partial charge in [0.1, 0.15) is 5.75 Å². The van der Waals surface area contributed by atoms with Gasteiger partial charge in [-0.1, -0.05) is 0 Å². The van der Waals surface area contributed by atoms with Gasteiger partial charge >= 0.3 is 0 Å². The van der Waals surface area contributed by atoms with E-state index in [-0.39, 0.29) is 17.7 Å². The van der Waals surface area contributed by atoms with E-state index in [2.05, 4.69) is 10.6 Å². The van der Waals surface area contributed by atoms with Crippen molar-refractivity contribution in [1.82, 2.24) is 10.6 Å². The summed E-state index contributed by atoms with van der Waals surface area (Å²) in [7, 11) is 0. The molecule has 4 nitrogen and oxygen atoms in total. The van der Waals surface area contributed by atoms with Crippen LogP contribution < -0.4 is 10.6 Å². The number of hydrogen-bond acceptors (Lipinski definition) is 3. The van der Waals surface area contributed by atoms with Crippen molar-refractivity contribution in [2.75, 3.05) is 13.1 Å². The summed E-state index contributed by atoms with van der Waals surface area (Å²) in [5, 5.41) is 15.9. The fourth-order valence-electron chi connectivity index (χ4n) is 2.09. The van der Waals surface area contributed by atoms with Crippen LogP contribution in [-0.2, 0) is 0 Å². The number of carbonyl (C=O) groups is 1. The van der Waals surface area contributed by atoms with Crippen LogP contribution in [0.3, 0.4) is 0 Å². The zero-order valence-corrected chi connectivity index (χ0v) is 12.2. The summed E-state index contributed by atoms with van der Waals surface area (Å²) in [5.74, 6) is 0.0550. The van der Waals surface area contributed by atoms with Crippen LogP contribution in [0.15, 0.2) is 18.2 Å². The van der Waals surface area contributed by atoms with E-state index in [1.54, 1.807) is 12.1 Å². The number of halogens is 1. The van der Waals surface area contributed by atoms with Gasteiger partial charge < -0.3 is 15.7 Å². The highest BCUT2D eigenvalue weighted by Crippen LogP contribution is 2.20. The van der Waals surface area contributed by atoms with Crippen molar-refractivity contribution in [3.05, 3.63) is 27.3 Å². The molecule has 1 aromatic rings. The van der Waals surface area contributed by atoms with Gasteiger partial charge in [0, 0.05) is 11.6 Å².